The smallest absolute Gasteiger partial charge is 0.274 e. The van der Waals surface area contributed by atoms with Gasteiger partial charge in [-0.3, -0.25) is 19.2 Å². The summed E-state index contributed by atoms with van der Waals surface area (Å²) in [6.45, 7) is 9.97. The highest BCUT2D eigenvalue weighted by molar-refractivity contribution is 7.09. The van der Waals surface area contributed by atoms with Gasteiger partial charge in [-0.1, -0.05) is 34.1 Å². The molecule has 2 aromatic rings. The number of fused-ring (bicyclic) bond motifs is 4. The van der Waals surface area contributed by atoms with E-state index in [1.807, 2.05) is 13.8 Å². The van der Waals surface area contributed by atoms with E-state index >= 15 is 0 Å². The molecule has 4 amide bonds. The van der Waals surface area contributed by atoms with Crippen molar-refractivity contribution in [3.05, 3.63) is 33.4 Å². The lowest BCUT2D eigenvalue weighted by Gasteiger charge is -2.25. The lowest BCUT2D eigenvalue weighted by molar-refractivity contribution is -0.131. The summed E-state index contributed by atoms with van der Waals surface area (Å²) >= 11 is 1.19. The van der Waals surface area contributed by atoms with Crippen molar-refractivity contribution in [3.8, 4) is 0 Å². The molecule has 0 spiro atoms. The van der Waals surface area contributed by atoms with Gasteiger partial charge in [-0.05, 0) is 25.7 Å². The number of nitrogens with one attached hydrogen (secondary N) is 4. The van der Waals surface area contributed by atoms with Gasteiger partial charge in [0.15, 0.2) is 5.69 Å². The van der Waals surface area contributed by atoms with Crippen molar-refractivity contribution in [2.75, 3.05) is 6.61 Å². The second-order valence-corrected chi connectivity index (χ2v) is 10.4. The maximum Gasteiger partial charge on any atom is 0.274 e. The molecule has 0 aliphatic carbocycles. The van der Waals surface area contributed by atoms with Crippen molar-refractivity contribution in [2.24, 2.45) is 11.8 Å². The Labute approximate surface area is 219 Å². The molecule has 3 rings (SSSR count). The number of carbonyl (C=O) groups is 4. The number of hydrogen-bond acceptors (Lipinski definition) is 9. The molecule has 0 unspecified atom stereocenters. The van der Waals surface area contributed by atoms with Crippen LogP contribution in [0.2, 0.25) is 0 Å². The van der Waals surface area contributed by atoms with Crippen LogP contribution < -0.4 is 21.3 Å². The molecule has 0 fully saturated rings. The second-order valence-electron chi connectivity index (χ2n) is 9.53. The van der Waals surface area contributed by atoms with E-state index in [2.05, 4.69) is 31.2 Å². The number of oxazole rings is 1. The minimum absolute atomic E-state index is 0.0154. The molecule has 2 aromatic heterocycles. The molecule has 5 atom stereocenters. The molecular weight excluding hydrogens is 500 g/mol. The summed E-state index contributed by atoms with van der Waals surface area (Å²) in [5.41, 5.74) is 0.141. The number of aromatic nitrogens is 2. The largest absolute Gasteiger partial charge is 0.443 e. The minimum Gasteiger partial charge on any atom is -0.443 e. The summed E-state index contributed by atoms with van der Waals surface area (Å²) in [4.78, 5) is 60.8. The Morgan fingerprint density at radius 3 is 2.30 bits per heavy atom. The number of aryl methyl sites for hydroxylation is 1. The van der Waals surface area contributed by atoms with Crippen LogP contribution in [0.5, 0.6) is 0 Å². The van der Waals surface area contributed by atoms with Crippen LogP contribution in [-0.4, -0.2) is 57.4 Å². The fraction of sp³-hybridized carbons (Fsp3) is 0.583. The van der Waals surface area contributed by atoms with E-state index in [9.17, 15) is 24.3 Å². The second kappa shape index (κ2) is 11.8. The zero-order valence-electron chi connectivity index (χ0n) is 21.7. The third kappa shape index (κ3) is 6.34. The lowest BCUT2D eigenvalue weighted by atomic mass is 9.99. The van der Waals surface area contributed by atoms with E-state index in [1.54, 1.807) is 33.1 Å². The van der Waals surface area contributed by atoms with E-state index in [0.29, 0.717) is 11.4 Å². The van der Waals surface area contributed by atoms with Crippen LogP contribution in [0.25, 0.3) is 0 Å². The molecule has 13 heteroatoms. The van der Waals surface area contributed by atoms with Gasteiger partial charge in [0.25, 0.3) is 11.8 Å². The number of carbonyl (C=O) groups excluding carboxylic acids is 4. The number of aliphatic hydroxyl groups is 1. The highest BCUT2D eigenvalue weighted by atomic mass is 32.1. The zero-order valence-corrected chi connectivity index (χ0v) is 22.6. The molecule has 37 heavy (non-hydrogen) atoms. The van der Waals surface area contributed by atoms with Gasteiger partial charge in [0, 0.05) is 5.38 Å². The SMILES string of the molecule is CC[C@H](C)[C@@H]1NC(=O)c2csc(n2)[C@H](C)NC(=O)[C@H](CO)NC(=O)[C@H](C(C)C)NC(=O)c2nc1oc2C. The summed E-state index contributed by atoms with van der Waals surface area (Å²) in [6.07, 6.45) is 0.695. The Morgan fingerprint density at radius 1 is 1.00 bits per heavy atom. The van der Waals surface area contributed by atoms with E-state index in [1.165, 1.54) is 11.3 Å². The van der Waals surface area contributed by atoms with Gasteiger partial charge in [0.05, 0.1) is 12.6 Å². The average Bonchev–Trinajstić information content (AvgIpc) is 3.50. The predicted molar refractivity (Wildman–Crippen MR) is 135 cm³/mol. The van der Waals surface area contributed by atoms with Crippen LogP contribution in [0.3, 0.4) is 0 Å². The van der Waals surface area contributed by atoms with Gasteiger partial charge in [-0.2, -0.15) is 0 Å². The first-order chi connectivity index (χ1) is 17.5. The number of aliphatic hydroxyl groups excluding tert-OH is 1. The van der Waals surface area contributed by atoms with Gasteiger partial charge in [-0.25, -0.2) is 9.97 Å². The van der Waals surface area contributed by atoms with Crippen LogP contribution in [-0.2, 0) is 9.59 Å². The Kier molecular flexibility index (Phi) is 9.02. The van der Waals surface area contributed by atoms with Crippen LogP contribution in [0.4, 0.5) is 0 Å². The van der Waals surface area contributed by atoms with Crippen LogP contribution in [0, 0.1) is 18.8 Å². The van der Waals surface area contributed by atoms with E-state index < -0.39 is 54.4 Å². The van der Waals surface area contributed by atoms with Crippen molar-refractivity contribution < 1.29 is 28.7 Å². The highest BCUT2D eigenvalue weighted by Gasteiger charge is 2.33. The Hall–Kier alpha value is -3.32. The number of amides is 4. The molecule has 4 bridgehead atoms. The summed E-state index contributed by atoms with van der Waals surface area (Å²) in [5, 5.41) is 22.6. The Bertz CT molecular complexity index is 1160. The quantitative estimate of drug-likeness (QED) is 0.391. The van der Waals surface area contributed by atoms with Gasteiger partial charge in [0.2, 0.25) is 17.7 Å². The van der Waals surface area contributed by atoms with Crippen LogP contribution in [0.1, 0.15) is 90.8 Å². The lowest BCUT2D eigenvalue weighted by Crippen LogP contribution is -2.56. The van der Waals surface area contributed by atoms with E-state index in [4.69, 9.17) is 4.42 Å². The molecule has 0 aromatic carbocycles. The first-order valence-electron chi connectivity index (χ1n) is 12.2. The molecular formula is C24H34N6O6S. The number of thiazole rings is 1. The Morgan fingerprint density at radius 2 is 1.68 bits per heavy atom. The topological polar surface area (TPSA) is 176 Å². The standard InChI is InChI=1S/C24H34N6O6S/c1-7-11(4)17-23-30-18(13(6)36-23)22(35)28-16(10(2)3)21(34)26-14(8-31)19(32)25-12(5)24-27-15(9-37-24)20(33)29-17/h9-12,14,16-17,31H,7-8H2,1-6H3,(H,25,32)(H,26,34)(H,28,35)(H,29,33)/t11-,12-,14-,16-,17-/m0/s1. The fourth-order valence-corrected chi connectivity index (χ4v) is 4.63. The van der Waals surface area contributed by atoms with Gasteiger partial charge in [-0.15, -0.1) is 11.3 Å². The molecule has 0 saturated carbocycles. The van der Waals surface area contributed by atoms with Crippen molar-refractivity contribution >= 4 is 35.0 Å². The monoisotopic (exact) mass is 534 g/mol. The Balaban J connectivity index is 2.06. The average molecular weight is 535 g/mol. The first-order valence-corrected chi connectivity index (χ1v) is 13.1. The zero-order chi connectivity index (χ0) is 27.4. The summed E-state index contributed by atoms with van der Waals surface area (Å²) in [5.74, 6) is -2.37. The third-order valence-electron chi connectivity index (χ3n) is 6.33. The maximum absolute atomic E-state index is 13.1. The number of hydrogen-bond donors (Lipinski definition) is 5. The fourth-order valence-electron chi connectivity index (χ4n) is 3.83. The van der Waals surface area contributed by atoms with Crippen molar-refractivity contribution in [1.29, 1.82) is 0 Å². The summed E-state index contributed by atoms with van der Waals surface area (Å²) < 4.78 is 5.82. The molecule has 0 radical (unpaired) electrons. The number of rotatable bonds is 4. The van der Waals surface area contributed by atoms with E-state index in [0.717, 1.165) is 0 Å². The maximum atomic E-state index is 13.1. The van der Waals surface area contributed by atoms with Crippen molar-refractivity contribution in [2.45, 2.75) is 72.1 Å². The third-order valence-corrected chi connectivity index (χ3v) is 7.36. The van der Waals surface area contributed by atoms with Crippen molar-refractivity contribution in [1.82, 2.24) is 31.2 Å². The van der Waals surface area contributed by atoms with Crippen LogP contribution >= 0.6 is 11.3 Å². The van der Waals surface area contributed by atoms with Gasteiger partial charge < -0.3 is 30.8 Å². The summed E-state index contributed by atoms with van der Waals surface area (Å²) in [6, 6.07) is -3.50. The van der Waals surface area contributed by atoms with E-state index in [-0.39, 0.29) is 34.9 Å². The summed E-state index contributed by atoms with van der Waals surface area (Å²) in [7, 11) is 0. The van der Waals surface area contributed by atoms with Crippen LogP contribution in [0.15, 0.2) is 9.80 Å². The van der Waals surface area contributed by atoms with Crippen molar-refractivity contribution in [3.63, 3.8) is 0 Å². The first kappa shape index (κ1) is 28.3. The molecule has 0 saturated heterocycles. The molecule has 1 aliphatic heterocycles. The molecule has 12 nitrogen and oxygen atoms in total. The molecule has 5 N–H and O–H groups in total. The number of nitrogens with zero attached hydrogens (tertiary/aromatic N) is 2. The molecule has 3 heterocycles. The normalized spacial score (nSPS) is 24.4. The highest BCUT2D eigenvalue weighted by Crippen LogP contribution is 2.27. The van der Waals surface area contributed by atoms with Gasteiger partial charge in [0.1, 0.15) is 34.6 Å². The minimum atomic E-state index is -1.26. The van der Waals surface area contributed by atoms with Gasteiger partial charge >= 0.3 is 0 Å². The molecule has 1 aliphatic rings. The molecule has 202 valence electrons. The predicted octanol–water partition coefficient (Wildman–Crippen LogP) is 1.38.